The summed E-state index contributed by atoms with van der Waals surface area (Å²) in [6, 6.07) is 10.5. The second kappa shape index (κ2) is 5.64. The number of hydrogen-bond donors (Lipinski definition) is 2. The summed E-state index contributed by atoms with van der Waals surface area (Å²) >= 11 is 0. The molecule has 84 valence electrons. The number of rotatable bonds is 3. The van der Waals surface area contributed by atoms with Crippen LogP contribution in [0, 0.1) is 11.3 Å². The highest BCUT2D eigenvalue weighted by Gasteiger charge is 2.12. The van der Waals surface area contributed by atoms with E-state index in [4.69, 9.17) is 5.26 Å². The van der Waals surface area contributed by atoms with Crippen molar-refractivity contribution in [3.8, 4) is 6.07 Å². The van der Waals surface area contributed by atoms with Crippen LogP contribution < -0.4 is 10.6 Å². The van der Waals surface area contributed by atoms with Crippen molar-refractivity contribution in [2.75, 3.05) is 13.1 Å². The molecule has 3 heteroatoms. The summed E-state index contributed by atoms with van der Waals surface area (Å²) < 4.78 is 0. The van der Waals surface area contributed by atoms with Crippen molar-refractivity contribution in [2.45, 2.75) is 25.4 Å². The number of piperidine rings is 1. The Morgan fingerprint density at radius 2 is 2.31 bits per heavy atom. The average Bonchev–Trinajstić information content (AvgIpc) is 2.38. The molecule has 0 radical (unpaired) electrons. The number of nitrogens with one attached hydrogen (secondary N) is 2. The Hall–Kier alpha value is -1.37. The average molecular weight is 215 g/mol. The Balaban J connectivity index is 1.91. The first-order valence-electron chi connectivity index (χ1n) is 5.82. The molecule has 0 unspecified atom stereocenters. The number of benzene rings is 1. The van der Waals surface area contributed by atoms with Crippen LogP contribution in [0.5, 0.6) is 0 Å². The maximum Gasteiger partial charge on any atom is 0.0995 e. The molecule has 0 saturated carbocycles. The van der Waals surface area contributed by atoms with Gasteiger partial charge < -0.3 is 10.6 Å². The predicted octanol–water partition coefficient (Wildman–Crippen LogP) is 1.40. The molecule has 3 nitrogen and oxygen atoms in total. The summed E-state index contributed by atoms with van der Waals surface area (Å²) in [4.78, 5) is 0. The van der Waals surface area contributed by atoms with Crippen LogP contribution in [0.2, 0.25) is 0 Å². The molecule has 0 aromatic heterocycles. The van der Waals surface area contributed by atoms with Crippen LogP contribution >= 0.6 is 0 Å². The van der Waals surface area contributed by atoms with Crippen LogP contribution in [0.25, 0.3) is 0 Å². The van der Waals surface area contributed by atoms with Gasteiger partial charge in [0.1, 0.15) is 0 Å². The van der Waals surface area contributed by atoms with Crippen molar-refractivity contribution in [3.63, 3.8) is 0 Å². The van der Waals surface area contributed by atoms with Gasteiger partial charge in [0.25, 0.3) is 0 Å². The van der Waals surface area contributed by atoms with E-state index in [2.05, 4.69) is 16.7 Å². The molecule has 1 saturated heterocycles. The number of hydrogen-bond acceptors (Lipinski definition) is 3. The van der Waals surface area contributed by atoms with Gasteiger partial charge in [-0.2, -0.15) is 5.26 Å². The van der Waals surface area contributed by atoms with E-state index in [0.717, 1.165) is 30.8 Å². The van der Waals surface area contributed by atoms with E-state index in [1.807, 2.05) is 24.3 Å². The molecule has 1 heterocycles. The van der Waals surface area contributed by atoms with Gasteiger partial charge in [0, 0.05) is 19.1 Å². The molecule has 2 N–H and O–H groups in total. The van der Waals surface area contributed by atoms with E-state index in [1.54, 1.807) is 0 Å². The first-order chi connectivity index (χ1) is 7.90. The van der Waals surface area contributed by atoms with Crippen LogP contribution in [0.15, 0.2) is 24.3 Å². The third-order valence-electron chi connectivity index (χ3n) is 3.02. The van der Waals surface area contributed by atoms with Gasteiger partial charge in [0.2, 0.25) is 0 Å². The second-order valence-corrected chi connectivity index (χ2v) is 4.19. The Morgan fingerprint density at radius 1 is 1.44 bits per heavy atom. The monoisotopic (exact) mass is 215 g/mol. The lowest BCUT2D eigenvalue weighted by Gasteiger charge is -2.24. The lowest BCUT2D eigenvalue weighted by Crippen LogP contribution is -2.42. The van der Waals surface area contributed by atoms with Gasteiger partial charge in [-0.1, -0.05) is 18.2 Å². The molecule has 1 aliphatic heterocycles. The van der Waals surface area contributed by atoms with Gasteiger partial charge in [0.15, 0.2) is 0 Å². The number of nitrogens with zero attached hydrogens (tertiary/aromatic N) is 1. The Bertz CT molecular complexity index is 375. The van der Waals surface area contributed by atoms with Gasteiger partial charge >= 0.3 is 0 Å². The zero-order valence-corrected chi connectivity index (χ0v) is 9.37. The molecule has 1 aromatic rings. The fourth-order valence-corrected chi connectivity index (χ4v) is 2.06. The minimum atomic E-state index is 0.542. The van der Waals surface area contributed by atoms with Crippen molar-refractivity contribution >= 4 is 0 Å². The van der Waals surface area contributed by atoms with Gasteiger partial charge in [-0.05, 0) is 31.0 Å². The first kappa shape index (κ1) is 11.1. The summed E-state index contributed by atoms with van der Waals surface area (Å²) in [5.74, 6) is 0. The van der Waals surface area contributed by atoms with Crippen molar-refractivity contribution in [3.05, 3.63) is 35.4 Å². The molecule has 0 bridgehead atoms. The van der Waals surface area contributed by atoms with Crippen molar-refractivity contribution < 1.29 is 0 Å². The second-order valence-electron chi connectivity index (χ2n) is 4.19. The maximum atomic E-state index is 8.97. The maximum absolute atomic E-state index is 8.97. The Morgan fingerprint density at radius 3 is 3.06 bits per heavy atom. The van der Waals surface area contributed by atoms with Crippen LogP contribution in [0.3, 0.4) is 0 Å². The molecule has 1 atom stereocenters. The normalized spacial score (nSPS) is 20.3. The zero-order chi connectivity index (χ0) is 11.2. The largest absolute Gasteiger partial charge is 0.315 e. The van der Waals surface area contributed by atoms with Crippen molar-refractivity contribution in [1.29, 1.82) is 5.26 Å². The molecule has 0 spiro atoms. The summed E-state index contributed by atoms with van der Waals surface area (Å²) in [7, 11) is 0. The molecule has 2 rings (SSSR count). The van der Waals surface area contributed by atoms with Crippen LogP contribution in [0.1, 0.15) is 24.0 Å². The smallest absolute Gasteiger partial charge is 0.0995 e. The highest BCUT2D eigenvalue weighted by Crippen LogP contribution is 2.08. The number of nitriles is 1. The molecular formula is C13H17N3. The van der Waals surface area contributed by atoms with Crippen LogP contribution in [-0.4, -0.2) is 19.1 Å². The summed E-state index contributed by atoms with van der Waals surface area (Å²) in [6.07, 6.45) is 2.46. The van der Waals surface area contributed by atoms with Crippen molar-refractivity contribution in [1.82, 2.24) is 10.6 Å². The summed E-state index contributed by atoms with van der Waals surface area (Å²) in [5, 5.41) is 15.8. The summed E-state index contributed by atoms with van der Waals surface area (Å²) in [6.45, 7) is 2.96. The Labute approximate surface area is 96.5 Å². The van der Waals surface area contributed by atoms with E-state index in [-0.39, 0.29) is 0 Å². The quantitative estimate of drug-likeness (QED) is 0.801. The molecule has 1 aliphatic rings. The predicted molar refractivity (Wildman–Crippen MR) is 63.9 cm³/mol. The third kappa shape index (κ3) is 2.82. The standard InChI is InChI=1S/C13H17N3/c14-8-11-4-1-2-5-12(11)9-16-13-6-3-7-15-10-13/h1-2,4-5,13,15-16H,3,6-7,9-10H2/t13-/m0/s1. The SMILES string of the molecule is N#Cc1ccccc1CN[C@H]1CCCNC1. The van der Waals surface area contributed by atoms with Gasteiger partial charge in [-0.15, -0.1) is 0 Å². The first-order valence-corrected chi connectivity index (χ1v) is 5.82. The van der Waals surface area contributed by atoms with E-state index in [9.17, 15) is 0 Å². The lowest BCUT2D eigenvalue weighted by atomic mass is 10.1. The highest BCUT2D eigenvalue weighted by atomic mass is 15.0. The molecule has 1 aromatic carbocycles. The van der Waals surface area contributed by atoms with E-state index in [0.29, 0.717) is 6.04 Å². The zero-order valence-electron chi connectivity index (χ0n) is 9.37. The Kier molecular flexibility index (Phi) is 3.92. The van der Waals surface area contributed by atoms with Gasteiger partial charge in [0.05, 0.1) is 11.6 Å². The fourth-order valence-electron chi connectivity index (χ4n) is 2.06. The fraction of sp³-hybridized carbons (Fsp3) is 0.462. The van der Waals surface area contributed by atoms with Crippen LogP contribution in [-0.2, 0) is 6.54 Å². The molecule has 0 aliphatic carbocycles. The topological polar surface area (TPSA) is 47.9 Å². The molecular weight excluding hydrogens is 198 g/mol. The van der Waals surface area contributed by atoms with Gasteiger partial charge in [-0.25, -0.2) is 0 Å². The van der Waals surface area contributed by atoms with Crippen LogP contribution in [0.4, 0.5) is 0 Å². The van der Waals surface area contributed by atoms with E-state index < -0.39 is 0 Å². The van der Waals surface area contributed by atoms with Crippen molar-refractivity contribution in [2.24, 2.45) is 0 Å². The summed E-state index contributed by atoms with van der Waals surface area (Å²) in [5.41, 5.74) is 1.87. The van der Waals surface area contributed by atoms with E-state index >= 15 is 0 Å². The lowest BCUT2D eigenvalue weighted by molar-refractivity contribution is 0.389. The van der Waals surface area contributed by atoms with Gasteiger partial charge in [-0.3, -0.25) is 0 Å². The molecule has 1 fully saturated rings. The minimum absolute atomic E-state index is 0.542. The minimum Gasteiger partial charge on any atom is -0.315 e. The third-order valence-corrected chi connectivity index (χ3v) is 3.02. The highest BCUT2D eigenvalue weighted by molar-refractivity contribution is 5.37. The van der Waals surface area contributed by atoms with E-state index in [1.165, 1.54) is 12.8 Å². The molecule has 16 heavy (non-hydrogen) atoms. The molecule has 0 amide bonds.